The normalized spacial score (nSPS) is 18.4. The highest BCUT2D eigenvalue weighted by Crippen LogP contribution is 2.30. The van der Waals surface area contributed by atoms with Crippen LogP contribution in [-0.2, 0) is 6.54 Å². The number of nitrogens with zero attached hydrogens (tertiary/aromatic N) is 4. The molecule has 6 heteroatoms. The van der Waals surface area contributed by atoms with Crippen molar-refractivity contribution in [3.63, 3.8) is 0 Å². The molecule has 3 aliphatic rings. The van der Waals surface area contributed by atoms with Gasteiger partial charge in [-0.25, -0.2) is 14.8 Å². The Balaban J connectivity index is 2.36. The average Bonchev–Trinajstić information content (AvgIpc) is 2.90. The van der Waals surface area contributed by atoms with E-state index in [1.54, 1.807) is 9.13 Å². The van der Waals surface area contributed by atoms with Crippen molar-refractivity contribution >= 4 is 5.82 Å². The van der Waals surface area contributed by atoms with Crippen LogP contribution in [0.5, 0.6) is 0 Å². The van der Waals surface area contributed by atoms with Crippen LogP contribution in [-0.4, -0.2) is 25.6 Å². The molecule has 0 saturated heterocycles. The molecule has 0 aromatic heterocycles. The summed E-state index contributed by atoms with van der Waals surface area (Å²) >= 11 is 0. The number of fused-ring (bicyclic) bond motifs is 3. The van der Waals surface area contributed by atoms with Gasteiger partial charge in [0.15, 0.2) is 5.82 Å². The topological polar surface area (TPSA) is 64.7 Å². The summed E-state index contributed by atoms with van der Waals surface area (Å²) in [6, 6.07) is 0.168. The average molecular weight is 233 g/mol. The third kappa shape index (κ3) is 1.30. The summed E-state index contributed by atoms with van der Waals surface area (Å²) in [4.78, 5) is 20.8. The predicted molar refractivity (Wildman–Crippen MR) is 64.4 cm³/mol. The summed E-state index contributed by atoms with van der Waals surface area (Å²) < 4.78 is 3.50. The molecule has 3 rings (SSSR count). The molecule has 90 valence electrons. The number of anilines is 1. The van der Waals surface area contributed by atoms with Crippen molar-refractivity contribution in [2.24, 2.45) is 0 Å². The molecule has 0 radical (unpaired) electrons. The quantitative estimate of drug-likeness (QED) is 0.838. The van der Waals surface area contributed by atoms with Gasteiger partial charge in [-0.3, -0.25) is 9.13 Å². The van der Waals surface area contributed by atoms with Crippen LogP contribution in [0.4, 0.5) is 5.82 Å². The first kappa shape index (κ1) is 10.3. The van der Waals surface area contributed by atoms with Gasteiger partial charge in [-0.05, 0) is 13.3 Å². The lowest BCUT2D eigenvalue weighted by Gasteiger charge is -2.15. The van der Waals surface area contributed by atoms with Crippen LogP contribution in [0.25, 0.3) is 11.5 Å². The summed E-state index contributed by atoms with van der Waals surface area (Å²) in [6.45, 7) is 5.53. The smallest absolute Gasteiger partial charge is 0.331 e. The lowest BCUT2D eigenvalue weighted by atomic mass is 10.3. The van der Waals surface area contributed by atoms with Crippen LogP contribution < -0.4 is 11.0 Å². The van der Waals surface area contributed by atoms with E-state index in [4.69, 9.17) is 0 Å². The van der Waals surface area contributed by atoms with E-state index in [1.807, 2.05) is 13.8 Å². The summed E-state index contributed by atoms with van der Waals surface area (Å²) in [6.07, 6.45) is 2.42. The molecule has 0 aromatic carbocycles. The Bertz CT molecular complexity index is 584. The number of imidazole rings is 1. The van der Waals surface area contributed by atoms with Crippen LogP contribution in [0, 0.1) is 0 Å². The highest BCUT2D eigenvalue weighted by atomic mass is 16.1. The van der Waals surface area contributed by atoms with Crippen LogP contribution in [0.3, 0.4) is 0 Å². The number of hydrogen-bond donors (Lipinski definition) is 1. The van der Waals surface area contributed by atoms with E-state index in [-0.39, 0.29) is 11.7 Å². The van der Waals surface area contributed by atoms with E-state index >= 15 is 0 Å². The highest BCUT2D eigenvalue weighted by molar-refractivity contribution is 5.68. The molecular weight excluding hydrogens is 218 g/mol. The van der Waals surface area contributed by atoms with Gasteiger partial charge < -0.3 is 5.32 Å². The first-order valence-electron chi connectivity index (χ1n) is 5.93. The third-order valence-electron chi connectivity index (χ3n) is 3.19. The maximum absolute atomic E-state index is 12.4. The van der Waals surface area contributed by atoms with Gasteiger partial charge in [0.2, 0.25) is 0 Å². The van der Waals surface area contributed by atoms with Crippen molar-refractivity contribution in [1.29, 1.82) is 0 Å². The molecule has 1 atom stereocenters. The fourth-order valence-corrected chi connectivity index (χ4v) is 2.39. The molecule has 6 nitrogen and oxygen atoms in total. The first-order chi connectivity index (χ1) is 8.24. The Kier molecular flexibility index (Phi) is 2.17. The van der Waals surface area contributed by atoms with E-state index in [0.29, 0.717) is 12.4 Å². The maximum Gasteiger partial charge on any atom is 0.331 e. The van der Waals surface area contributed by atoms with Gasteiger partial charge in [-0.2, -0.15) is 0 Å². The Labute approximate surface area is 98.7 Å². The summed E-state index contributed by atoms with van der Waals surface area (Å²) in [5.74, 6) is 1.49. The fourth-order valence-electron chi connectivity index (χ4n) is 2.39. The Morgan fingerprint density at radius 1 is 1.53 bits per heavy atom. The van der Waals surface area contributed by atoms with Gasteiger partial charge in [0, 0.05) is 13.1 Å². The zero-order chi connectivity index (χ0) is 12.0. The minimum absolute atomic E-state index is 0.00681. The van der Waals surface area contributed by atoms with Crippen LogP contribution in [0.15, 0.2) is 11.1 Å². The Morgan fingerprint density at radius 2 is 2.35 bits per heavy atom. The summed E-state index contributed by atoms with van der Waals surface area (Å²) in [5.41, 5.74) is 0.801. The van der Waals surface area contributed by atoms with Crippen LogP contribution in [0.2, 0.25) is 0 Å². The van der Waals surface area contributed by atoms with Crippen molar-refractivity contribution in [2.45, 2.75) is 32.9 Å². The second-order valence-corrected chi connectivity index (χ2v) is 4.43. The number of hydrogen-bond acceptors (Lipinski definition) is 4. The zero-order valence-corrected chi connectivity index (χ0v) is 9.97. The van der Waals surface area contributed by atoms with Crippen molar-refractivity contribution in [2.75, 3.05) is 11.9 Å². The van der Waals surface area contributed by atoms with Crippen LogP contribution >= 0.6 is 0 Å². The van der Waals surface area contributed by atoms with Gasteiger partial charge in [-0.1, -0.05) is 6.92 Å². The predicted octanol–water partition coefficient (Wildman–Crippen LogP) is 0.941. The van der Waals surface area contributed by atoms with Crippen molar-refractivity contribution in [1.82, 2.24) is 19.1 Å². The molecular formula is C11H15N5O. The van der Waals surface area contributed by atoms with Gasteiger partial charge in [-0.15, -0.1) is 0 Å². The van der Waals surface area contributed by atoms with E-state index in [0.717, 1.165) is 24.5 Å². The SMILES string of the molecule is CCCn1c2ncnc-2c2n(c1=O)[C@@H](C)CN2. The van der Waals surface area contributed by atoms with E-state index in [9.17, 15) is 4.79 Å². The fraction of sp³-hybridized carbons (Fsp3) is 0.545. The zero-order valence-electron chi connectivity index (χ0n) is 9.97. The molecule has 0 fully saturated rings. The van der Waals surface area contributed by atoms with E-state index < -0.39 is 0 Å². The second-order valence-electron chi connectivity index (χ2n) is 4.43. The van der Waals surface area contributed by atoms with Crippen LogP contribution in [0.1, 0.15) is 26.3 Å². The molecule has 3 heterocycles. The standard InChI is InChI=1S/C11H15N5O/c1-3-4-15-9-8(13-6-14-9)10-12-5-7(2)16(10)11(15)17/h6-7,12H,3-5H2,1-2H3/t7-/m0/s1. The van der Waals surface area contributed by atoms with E-state index in [2.05, 4.69) is 15.3 Å². The molecule has 17 heavy (non-hydrogen) atoms. The lowest BCUT2D eigenvalue weighted by Crippen LogP contribution is -2.33. The minimum Gasteiger partial charge on any atom is -0.367 e. The van der Waals surface area contributed by atoms with Gasteiger partial charge in [0.25, 0.3) is 0 Å². The molecule has 0 unspecified atom stereocenters. The molecule has 0 amide bonds. The van der Waals surface area contributed by atoms with Gasteiger partial charge >= 0.3 is 5.69 Å². The van der Waals surface area contributed by atoms with Gasteiger partial charge in [0.1, 0.15) is 17.8 Å². The van der Waals surface area contributed by atoms with Gasteiger partial charge in [0.05, 0.1) is 6.04 Å². The first-order valence-corrected chi connectivity index (χ1v) is 5.93. The third-order valence-corrected chi connectivity index (χ3v) is 3.19. The largest absolute Gasteiger partial charge is 0.367 e. The molecule has 0 spiro atoms. The molecule has 1 N–H and O–H groups in total. The lowest BCUT2D eigenvalue weighted by molar-refractivity contribution is 0.535. The minimum atomic E-state index is 0.00681. The van der Waals surface area contributed by atoms with Crippen molar-refractivity contribution in [3.8, 4) is 11.5 Å². The summed E-state index contributed by atoms with van der Waals surface area (Å²) in [7, 11) is 0. The highest BCUT2D eigenvalue weighted by Gasteiger charge is 2.28. The monoisotopic (exact) mass is 233 g/mol. The number of aromatic nitrogens is 4. The maximum atomic E-state index is 12.4. The second kappa shape index (κ2) is 3.58. The molecule has 0 saturated carbocycles. The molecule has 0 bridgehead atoms. The Hall–Kier alpha value is -1.85. The number of nitrogens with one attached hydrogen (secondary N) is 1. The molecule has 0 aliphatic carbocycles. The molecule has 0 aromatic rings. The molecule has 3 aliphatic heterocycles. The Morgan fingerprint density at radius 3 is 3.12 bits per heavy atom. The van der Waals surface area contributed by atoms with Crippen molar-refractivity contribution in [3.05, 3.63) is 16.8 Å². The van der Waals surface area contributed by atoms with Crippen molar-refractivity contribution < 1.29 is 0 Å². The summed E-state index contributed by atoms with van der Waals surface area (Å²) in [5, 5.41) is 3.24. The van der Waals surface area contributed by atoms with E-state index in [1.165, 1.54) is 6.33 Å². The number of rotatable bonds is 2.